The molecule has 4 aliphatic rings. The van der Waals surface area contributed by atoms with Crippen molar-refractivity contribution in [2.45, 2.75) is 10.8 Å². The van der Waals surface area contributed by atoms with Gasteiger partial charge in [-0.05, 0) is 265 Å². The van der Waals surface area contributed by atoms with Crippen molar-refractivity contribution in [3.05, 3.63) is 383 Å². The summed E-state index contributed by atoms with van der Waals surface area (Å²) >= 11 is 0. The fourth-order valence-electron chi connectivity index (χ4n) is 17.5. The van der Waals surface area contributed by atoms with Gasteiger partial charge in [0.15, 0.2) is 0 Å². The lowest BCUT2D eigenvalue weighted by atomic mass is 9.69. The van der Waals surface area contributed by atoms with Crippen LogP contribution in [0.25, 0.3) is 98.7 Å². The summed E-state index contributed by atoms with van der Waals surface area (Å²) in [6, 6.07) is 125. The maximum Gasteiger partial charge on any atom is 0.0992 e. The van der Waals surface area contributed by atoms with Crippen molar-refractivity contribution in [2.24, 2.45) is 0 Å². The summed E-state index contributed by atoms with van der Waals surface area (Å²) < 4.78 is 0. The first kappa shape index (κ1) is 53.8. The molecule has 16 aromatic carbocycles. The number of nitrogens with zero attached hydrogens (tertiary/aromatic N) is 4. The molecule has 0 heterocycles. The normalized spacial score (nSPS) is 13.4. The second kappa shape index (κ2) is 20.3. The minimum atomic E-state index is -0.605. The second-order valence-electron chi connectivity index (χ2n) is 26.1. The first-order valence-corrected chi connectivity index (χ1v) is 32.9. The Kier molecular flexibility index (Phi) is 11.4. The Morgan fingerprint density at radius 3 is 1.12 bits per heavy atom. The second-order valence-corrected chi connectivity index (χ2v) is 26.1. The van der Waals surface area contributed by atoms with E-state index in [2.05, 4.69) is 307 Å². The Morgan fingerprint density at radius 2 is 0.625 bits per heavy atom. The molecular weight excluding hydrogens is 1160 g/mol. The summed E-state index contributed by atoms with van der Waals surface area (Å²) in [6.07, 6.45) is 0. The largest absolute Gasteiger partial charge is 0.310 e. The summed E-state index contributed by atoms with van der Waals surface area (Å²) in [5.41, 5.74) is 28.4. The average molecular weight is 1220 g/mol. The first-order chi connectivity index (χ1) is 47.5. The van der Waals surface area contributed by atoms with Crippen LogP contribution in [-0.2, 0) is 10.8 Å². The Labute approximate surface area is 556 Å². The Hall–Kier alpha value is -12.9. The Balaban J connectivity index is 0.740. The summed E-state index contributed by atoms with van der Waals surface area (Å²) in [6.45, 7) is 0. The number of anilines is 6. The third-order valence-electron chi connectivity index (χ3n) is 21.4. The SMILES string of the molecule is N#Cc1ccc(N(c2ccccc2)c2ccc3c4c(ccc3c2)-c2cc3cc(-c5cc(C#N)cc(N(c6ccccc6)c6ccc7c8c(ccc7c6)-c6cc7ccccc7cc6C86c7ccccc7-c7ccccc76)c5)ccc3cc2C42c3ccccc3-c3ccccc32)cc1. The van der Waals surface area contributed by atoms with Gasteiger partial charge in [-0.15, -0.1) is 0 Å². The lowest BCUT2D eigenvalue weighted by molar-refractivity contribution is 0.802. The molecule has 4 heteroatoms. The predicted octanol–water partition coefficient (Wildman–Crippen LogP) is 23.3. The zero-order chi connectivity index (χ0) is 63.4. The highest BCUT2D eigenvalue weighted by Gasteiger charge is 2.54. The zero-order valence-corrected chi connectivity index (χ0v) is 52.0. The van der Waals surface area contributed by atoms with Gasteiger partial charge in [0.05, 0.1) is 34.1 Å². The third-order valence-corrected chi connectivity index (χ3v) is 21.4. The van der Waals surface area contributed by atoms with Crippen molar-refractivity contribution >= 4 is 77.2 Å². The van der Waals surface area contributed by atoms with E-state index < -0.39 is 10.8 Å². The molecule has 0 N–H and O–H groups in total. The van der Waals surface area contributed by atoms with E-state index in [1.54, 1.807) is 0 Å². The fraction of sp³-hybridized carbons (Fsp3) is 0.0217. The minimum Gasteiger partial charge on any atom is -0.310 e. The van der Waals surface area contributed by atoms with E-state index >= 15 is 0 Å². The molecule has 0 atom stereocenters. The zero-order valence-electron chi connectivity index (χ0n) is 52.0. The van der Waals surface area contributed by atoms with Gasteiger partial charge in [-0.1, -0.05) is 206 Å². The van der Waals surface area contributed by atoms with E-state index in [9.17, 15) is 10.5 Å². The highest BCUT2D eigenvalue weighted by molar-refractivity contribution is 6.10. The molecule has 96 heavy (non-hydrogen) atoms. The molecule has 16 aromatic rings. The molecule has 20 rings (SSSR count). The maximum atomic E-state index is 11.0. The number of nitriles is 2. The quantitative estimate of drug-likeness (QED) is 0.160. The summed E-state index contributed by atoms with van der Waals surface area (Å²) in [4.78, 5) is 4.59. The molecule has 442 valence electrons. The summed E-state index contributed by atoms with van der Waals surface area (Å²) in [5, 5.41) is 30.2. The van der Waals surface area contributed by atoms with Gasteiger partial charge in [-0.3, -0.25) is 0 Å². The van der Waals surface area contributed by atoms with Gasteiger partial charge >= 0.3 is 0 Å². The van der Waals surface area contributed by atoms with E-state index in [4.69, 9.17) is 0 Å². The standard InChI is InChI=1S/C92H54N4/c93-55-57-31-37-69(38-32-57)95(67-19-3-1-4-20-67)70-39-43-73-63(48-70)36-42-80-82-52-66-47-61(33-34-62(66)54-88(82)92(90(73)80)85-29-15-11-25-77(85)78-26-12-16-30-86(78)92)65-45-58(56-94)46-72(50-65)96(68-21-5-2-6-22-68)71-40-44-74-64(49-71)35-41-79-81-51-59-17-7-8-18-60(59)53-87(81)91(89(74)79)83-27-13-9-23-75(83)76-24-10-14-28-84(76)91/h1-54H. The monoisotopic (exact) mass is 1210 g/mol. The van der Waals surface area contributed by atoms with E-state index in [-0.39, 0.29) is 0 Å². The molecule has 0 aromatic heterocycles. The predicted molar refractivity (Wildman–Crippen MR) is 393 cm³/mol. The molecule has 0 saturated heterocycles. The maximum absolute atomic E-state index is 11.0. The number of fused-ring (bicyclic) bond motifs is 26. The minimum absolute atomic E-state index is 0.531. The molecule has 2 spiro atoms. The number of rotatable bonds is 7. The molecular formula is C92H54N4. The average Bonchev–Trinajstić information content (AvgIpc) is 1.51. The molecule has 0 amide bonds. The first-order valence-electron chi connectivity index (χ1n) is 32.9. The highest BCUT2D eigenvalue weighted by Crippen LogP contribution is 2.67. The van der Waals surface area contributed by atoms with E-state index in [0.717, 1.165) is 66.8 Å². The Morgan fingerprint density at radius 1 is 0.219 bits per heavy atom. The van der Waals surface area contributed by atoms with Gasteiger partial charge in [0.1, 0.15) is 0 Å². The summed E-state index contributed by atoms with van der Waals surface area (Å²) in [5.74, 6) is 0. The molecule has 0 bridgehead atoms. The van der Waals surface area contributed by atoms with Crippen LogP contribution in [0.5, 0.6) is 0 Å². The molecule has 4 aliphatic carbocycles. The lowest BCUT2D eigenvalue weighted by Gasteiger charge is -2.32. The van der Waals surface area contributed by atoms with Crippen molar-refractivity contribution in [2.75, 3.05) is 9.80 Å². The number of hydrogen-bond donors (Lipinski definition) is 0. The molecule has 0 fully saturated rings. The van der Waals surface area contributed by atoms with Crippen LogP contribution in [0, 0.1) is 22.7 Å². The molecule has 4 nitrogen and oxygen atoms in total. The van der Waals surface area contributed by atoms with Crippen LogP contribution in [0.2, 0.25) is 0 Å². The van der Waals surface area contributed by atoms with Crippen molar-refractivity contribution in [1.29, 1.82) is 10.5 Å². The van der Waals surface area contributed by atoms with Crippen LogP contribution in [0.1, 0.15) is 55.6 Å². The number of benzene rings is 16. The van der Waals surface area contributed by atoms with E-state index in [1.807, 2.05) is 42.5 Å². The van der Waals surface area contributed by atoms with Gasteiger partial charge in [0, 0.05) is 34.1 Å². The molecule has 0 unspecified atom stereocenters. The smallest absolute Gasteiger partial charge is 0.0992 e. The van der Waals surface area contributed by atoms with Crippen LogP contribution in [0.15, 0.2) is 328 Å². The van der Waals surface area contributed by atoms with Crippen LogP contribution >= 0.6 is 0 Å². The van der Waals surface area contributed by atoms with Gasteiger partial charge in [-0.25, -0.2) is 0 Å². The van der Waals surface area contributed by atoms with Gasteiger partial charge in [0.2, 0.25) is 0 Å². The van der Waals surface area contributed by atoms with Crippen molar-refractivity contribution in [3.63, 3.8) is 0 Å². The van der Waals surface area contributed by atoms with Crippen LogP contribution in [0.3, 0.4) is 0 Å². The highest BCUT2D eigenvalue weighted by atomic mass is 15.1. The van der Waals surface area contributed by atoms with Crippen molar-refractivity contribution in [3.8, 4) is 67.8 Å². The van der Waals surface area contributed by atoms with Gasteiger partial charge < -0.3 is 9.80 Å². The van der Waals surface area contributed by atoms with Crippen LogP contribution in [-0.4, -0.2) is 0 Å². The van der Waals surface area contributed by atoms with E-state index in [0.29, 0.717) is 11.1 Å². The molecule has 0 radical (unpaired) electrons. The fourth-order valence-corrected chi connectivity index (χ4v) is 17.5. The lowest BCUT2D eigenvalue weighted by Crippen LogP contribution is -2.26. The molecule has 0 aliphatic heterocycles. The van der Waals surface area contributed by atoms with Crippen molar-refractivity contribution < 1.29 is 0 Å². The number of para-hydroxylation sites is 2. The summed E-state index contributed by atoms with van der Waals surface area (Å²) in [7, 11) is 0. The topological polar surface area (TPSA) is 54.1 Å². The number of hydrogen-bond acceptors (Lipinski definition) is 4. The van der Waals surface area contributed by atoms with Crippen molar-refractivity contribution in [1.82, 2.24) is 0 Å². The Bertz CT molecular complexity index is 6040. The van der Waals surface area contributed by atoms with Gasteiger partial charge in [-0.2, -0.15) is 10.5 Å². The van der Waals surface area contributed by atoms with Crippen LogP contribution in [0.4, 0.5) is 34.1 Å². The molecule has 0 saturated carbocycles. The van der Waals surface area contributed by atoms with Gasteiger partial charge in [0.25, 0.3) is 0 Å². The van der Waals surface area contributed by atoms with E-state index in [1.165, 1.54) is 111 Å². The third kappa shape index (κ3) is 7.41. The van der Waals surface area contributed by atoms with Crippen LogP contribution < -0.4 is 9.80 Å².